The number of hydrogen-bond acceptors (Lipinski definition) is 5. The standard InChI is InChI=1S/C19H19NO5S/c1-13-7-9-16(10-8-13)26(22,23)20-17(19(21)24-2)12-15-11-14-5-3-4-6-18(14)25-15/h3-11,17,20H,12H2,1-2H3/t17-/m0/s1. The van der Waals surface area contributed by atoms with Crippen molar-refractivity contribution in [2.24, 2.45) is 0 Å². The fourth-order valence-electron chi connectivity index (χ4n) is 2.63. The lowest BCUT2D eigenvalue weighted by atomic mass is 10.1. The third kappa shape index (κ3) is 3.95. The van der Waals surface area contributed by atoms with Crippen molar-refractivity contribution in [3.63, 3.8) is 0 Å². The molecule has 0 aliphatic rings. The average molecular weight is 373 g/mol. The molecule has 1 N–H and O–H groups in total. The molecule has 1 heterocycles. The number of rotatable bonds is 6. The molecule has 6 nitrogen and oxygen atoms in total. The Bertz CT molecular complexity index is 989. The van der Waals surface area contributed by atoms with Crippen LogP contribution in [0, 0.1) is 6.92 Å². The summed E-state index contributed by atoms with van der Waals surface area (Å²) in [6.45, 7) is 1.86. The first-order valence-electron chi connectivity index (χ1n) is 8.03. The summed E-state index contributed by atoms with van der Waals surface area (Å²) < 4.78 is 38.0. The first kappa shape index (κ1) is 18.2. The Kier molecular flexibility index (Phi) is 5.11. The number of ether oxygens (including phenoxy) is 1. The van der Waals surface area contributed by atoms with Gasteiger partial charge in [0.1, 0.15) is 17.4 Å². The number of esters is 1. The van der Waals surface area contributed by atoms with Gasteiger partial charge in [0.05, 0.1) is 12.0 Å². The van der Waals surface area contributed by atoms with Crippen LogP contribution in [0.5, 0.6) is 0 Å². The zero-order valence-corrected chi connectivity index (χ0v) is 15.2. The first-order valence-corrected chi connectivity index (χ1v) is 9.51. The van der Waals surface area contributed by atoms with Crippen molar-refractivity contribution in [1.82, 2.24) is 4.72 Å². The smallest absolute Gasteiger partial charge is 0.324 e. The fraction of sp³-hybridized carbons (Fsp3) is 0.211. The molecule has 2 aromatic carbocycles. The summed E-state index contributed by atoms with van der Waals surface area (Å²) in [6.07, 6.45) is 0.0481. The third-order valence-corrected chi connectivity index (χ3v) is 5.48. The van der Waals surface area contributed by atoms with Gasteiger partial charge < -0.3 is 9.15 Å². The number of fused-ring (bicyclic) bond motifs is 1. The largest absolute Gasteiger partial charge is 0.468 e. The van der Waals surface area contributed by atoms with E-state index < -0.39 is 22.0 Å². The number of nitrogens with one attached hydrogen (secondary N) is 1. The van der Waals surface area contributed by atoms with E-state index >= 15 is 0 Å². The Morgan fingerprint density at radius 3 is 2.50 bits per heavy atom. The van der Waals surface area contributed by atoms with Gasteiger partial charge in [-0.05, 0) is 31.2 Å². The molecule has 0 amide bonds. The van der Waals surface area contributed by atoms with Crippen LogP contribution >= 0.6 is 0 Å². The highest BCUT2D eigenvalue weighted by Crippen LogP contribution is 2.21. The molecular weight excluding hydrogens is 354 g/mol. The molecule has 7 heteroatoms. The van der Waals surface area contributed by atoms with E-state index in [9.17, 15) is 13.2 Å². The number of sulfonamides is 1. The van der Waals surface area contributed by atoms with Crippen LogP contribution in [0.4, 0.5) is 0 Å². The van der Waals surface area contributed by atoms with Crippen LogP contribution in [0.2, 0.25) is 0 Å². The molecule has 0 bridgehead atoms. The predicted octanol–water partition coefficient (Wildman–Crippen LogP) is 2.80. The quantitative estimate of drug-likeness (QED) is 0.672. The maximum Gasteiger partial charge on any atom is 0.324 e. The van der Waals surface area contributed by atoms with E-state index in [0.29, 0.717) is 11.3 Å². The Hall–Kier alpha value is -2.64. The van der Waals surface area contributed by atoms with Gasteiger partial charge in [-0.3, -0.25) is 4.79 Å². The molecule has 26 heavy (non-hydrogen) atoms. The normalized spacial score (nSPS) is 12.8. The van der Waals surface area contributed by atoms with Crippen molar-refractivity contribution in [1.29, 1.82) is 0 Å². The summed E-state index contributed by atoms with van der Waals surface area (Å²) in [5.41, 5.74) is 1.61. The average Bonchev–Trinajstić information content (AvgIpc) is 3.03. The van der Waals surface area contributed by atoms with Crippen molar-refractivity contribution in [3.05, 3.63) is 65.9 Å². The van der Waals surface area contributed by atoms with E-state index in [1.54, 1.807) is 18.2 Å². The number of methoxy groups -OCH3 is 1. The predicted molar refractivity (Wildman–Crippen MR) is 97.2 cm³/mol. The van der Waals surface area contributed by atoms with Gasteiger partial charge in [-0.1, -0.05) is 35.9 Å². The van der Waals surface area contributed by atoms with Crippen LogP contribution in [0.3, 0.4) is 0 Å². The molecule has 0 spiro atoms. The van der Waals surface area contributed by atoms with Gasteiger partial charge in [0.15, 0.2) is 0 Å². The minimum Gasteiger partial charge on any atom is -0.468 e. The van der Waals surface area contributed by atoms with E-state index in [0.717, 1.165) is 10.9 Å². The number of furan rings is 1. The zero-order chi connectivity index (χ0) is 18.7. The lowest BCUT2D eigenvalue weighted by molar-refractivity contribution is -0.142. The maximum atomic E-state index is 12.6. The minimum atomic E-state index is -3.87. The van der Waals surface area contributed by atoms with Gasteiger partial charge in [0.2, 0.25) is 10.0 Å². The SMILES string of the molecule is COC(=O)[C@H](Cc1cc2ccccc2o1)NS(=O)(=O)c1ccc(C)cc1. The van der Waals surface area contributed by atoms with Gasteiger partial charge in [0.25, 0.3) is 0 Å². The summed E-state index contributed by atoms with van der Waals surface area (Å²) in [7, 11) is -2.66. The van der Waals surface area contributed by atoms with Crippen molar-refractivity contribution >= 4 is 27.0 Å². The Morgan fingerprint density at radius 1 is 1.15 bits per heavy atom. The Balaban J connectivity index is 1.86. The molecule has 0 saturated carbocycles. The highest BCUT2D eigenvalue weighted by Gasteiger charge is 2.28. The minimum absolute atomic E-state index is 0.0481. The second-order valence-electron chi connectivity index (χ2n) is 5.96. The van der Waals surface area contributed by atoms with Crippen LogP contribution < -0.4 is 4.72 Å². The highest BCUT2D eigenvalue weighted by molar-refractivity contribution is 7.89. The van der Waals surface area contributed by atoms with E-state index in [4.69, 9.17) is 9.15 Å². The van der Waals surface area contributed by atoms with Crippen molar-refractivity contribution < 1.29 is 22.4 Å². The van der Waals surface area contributed by atoms with Gasteiger partial charge >= 0.3 is 5.97 Å². The Labute approximate surface area is 151 Å². The number of benzene rings is 2. The van der Waals surface area contributed by atoms with E-state index in [1.807, 2.05) is 31.2 Å². The molecule has 3 rings (SSSR count). The summed E-state index contributed by atoms with van der Waals surface area (Å²) >= 11 is 0. The first-order chi connectivity index (χ1) is 12.4. The molecule has 0 saturated heterocycles. The number of carbonyl (C=O) groups is 1. The summed E-state index contributed by atoms with van der Waals surface area (Å²) in [5, 5.41) is 0.882. The van der Waals surface area contributed by atoms with E-state index in [2.05, 4.69) is 4.72 Å². The summed E-state index contributed by atoms with van der Waals surface area (Å²) in [5.74, 6) is -0.186. The van der Waals surface area contributed by atoms with Crippen LogP contribution in [0.15, 0.2) is 63.9 Å². The molecule has 136 valence electrons. The zero-order valence-electron chi connectivity index (χ0n) is 14.4. The lowest BCUT2D eigenvalue weighted by Crippen LogP contribution is -2.42. The molecule has 0 fully saturated rings. The number of hydrogen-bond donors (Lipinski definition) is 1. The van der Waals surface area contributed by atoms with Crippen molar-refractivity contribution in [2.75, 3.05) is 7.11 Å². The van der Waals surface area contributed by atoms with Gasteiger partial charge in [-0.25, -0.2) is 8.42 Å². The molecule has 0 aliphatic carbocycles. The molecular formula is C19H19NO5S. The number of para-hydroxylation sites is 1. The van der Waals surface area contributed by atoms with Crippen LogP contribution in [0.25, 0.3) is 11.0 Å². The maximum absolute atomic E-state index is 12.6. The summed E-state index contributed by atoms with van der Waals surface area (Å²) in [6, 6.07) is 14.5. The van der Waals surface area contributed by atoms with Crippen molar-refractivity contribution in [2.45, 2.75) is 24.3 Å². The topological polar surface area (TPSA) is 85.6 Å². The molecule has 0 radical (unpaired) electrons. The molecule has 1 atom stereocenters. The molecule has 0 aliphatic heterocycles. The Morgan fingerprint density at radius 2 is 1.85 bits per heavy atom. The van der Waals surface area contributed by atoms with Gasteiger partial charge in [-0.15, -0.1) is 0 Å². The van der Waals surface area contributed by atoms with Crippen molar-refractivity contribution in [3.8, 4) is 0 Å². The molecule has 0 unspecified atom stereocenters. The molecule has 3 aromatic rings. The third-order valence-electron chi connectivity index (χ3n) is 4.00. The van der Waals surface area contributed by atoms with Crippen LogP contribution in [-0.4, -0.2) is 27.5 Å². The summed E-state index contributed by atoms with van der Waals surface area (Å²) in [4.78, 5) is 12.2. The van der Waals surface area contributed by atoms with Crippen LogP contribution in [0.1, 0.15) is 11.3 Å². The van der Waals surface area contributed by atoms with Crippen LogP contribution in [-0.2, 0) is 26.0 Å². The van der Waals surface area contributed by atoms with E-state index in [1.165, 1.54) is 19.2 Å². The number of aryl methyl sites for hydroxylation is 1. The fourth-order valence-corrected chi connectivity index (χ4v) is 3.81. The second kappa shape index (κ2) is 7.31. The highest BCUT2D eigenvalue weighted by atomic mass is 32.2. The lowest BCUT2D eigenvalue weighted by Gasteiger charge is -2.15. The monoisotopic (exact) mass is 373 g/mol. The van der Waals surface area contributed by atoms with E-state index in [-0.39, 0.29) is 11.3 Å². The van der Waals surface area contributed by atoms with Gasteiger partial charge in [-0.2, -0.15) is 4.72 Å². The second-order valence-corrected chi connectivity index (χ2v) is 7.68. The number of carbonyl (C=O) groups excluding carboxylic acids is 1. The molecule has 1 aromatic heterocycles. The van der Waals surface area contributed by atoms with Gasteiger partial charge in [0, 0.05) is 11.8 Å².